The number of halogens is 2. The fourth-order valence-corrected chi connectivity index (χ4v) is 8.43. The van der Waals surface area contributed by atoms with Crippen molar-refractivity contribution >= 4 is 48.9 Å². The number of rotatable bonds is 16. The molecule has 3 aromatic rings. The van der Waals surface area contributed by atoms with Crippen molar-refractivity contribution in [3.05, 3.63) is 76.8 Å². The Balaban J connectivity index is 1.50. The Labute approximate surface area is 252 Å². The molecule has 2 aromatic carbocycles. The molecule has 13 heteroatoms. The van der Waals surface area contributed by atoms with E-state index < -0.39 is 32.7 Å². The number of aliphatic hydroxyl groups is 1. The van der Waals surface area contributed by atoms with Crippen LogP contribution < -0.4 is 4.31 Å². The molecule has 0 aliphatic heterocycles. The number of sulfonamides is 2. The van der Waals surface area contributed by atoms with Gasteiger partial charge in [-0.25, -0.2) is 26.1 Å². The highest BCUT2D eigenvalue weighted by atomic mass is 35.5. The molecule has 1 aromatic heterocycles. The molecular weight excluding hydrogens is 607 g/mol. The molecule has 0 bridgehead atoms. The van der Waals surface area contributed by atoms with Gasteiger partial charge in [-0.2, -0.15) is 0 Å². The number of aryl methyl sites for hydroxylation is 1. The summed E-state index contributed by atoms with van der Waals surface area (Å²) in [5, 5.41) is 10.7. The molecule has 1 aliphatic carbocycles. The van der Waals surface area contributed by atoms with Gasteiger partial charge in [0.05, 0.1) is 29.3 Å². The summed E-state index contributed by atoms with van der Waals surface area (Å²) in [6.07, 6.45) is 8.54. The Hall–Kier alpha value is -2.15. The molecule has 41 heavy (non-hydrogen) atoms. The van der Waals surface area contributed by atoms with E-state index in [9.17, 15) is 21.9 Å². The van der Waals surface area contributed by atoms with Gasteiger partial charge < -0.3 is 9.67 Å². The number of anilines is 1. The summed E-state index contributed by atoms with van der Waals surface area (Å²) in [4.78, 5) is 4.06. The third-order valence-electron chi connectivity index (χ3n) is 7.19. The summed E-state index contributed by atoms with van der Waals surface area (Å²) < 4.78 is 59.4. The van der Waals surface area contributed by atoms with E-state index in [2.05, 4.69) is 4.98 Å². The topological polar surface area (TPSA) is 113 Å². The predicted octanol–water partition coefficient (Wildman–Crippen LogP) is 5.18. The molecule has 0 saturated heterocycles. The molecule has 0 radical (unpaired) electrons. The zero-order valence-electron chi connectivity index (χ0n) is 22.9. The van der Waals surface area contributed by atoms with E-state index in [1.807, 2.05) is 10.8 Å². The lowest BCUT2D eigenvalue weighted by Gasteiger charge is -2.32. The lowest BCUT2D eigenvalue weighted by atomic mass is 10.1. The van der Waals surface area contributed by atoms with Gasteiger partial charge in [0.25, 0.3) is 10.0 Å². The molecule has 1 heterocycles. The zero-order valence-corrected chi connectivity index (χ0v) is 26.1. The zero-order chi connectivity index (χ0) is 29.6. The minimum atomic E-state index is -4.11. The number of aromatic nitrogens is 2. The molecule has 9 nitrogen and oxygen atoms in total. The first-order valence-corrected chi connectivity index (χ1v) is 17.4. The monoisotopic (exact) mass is 642 g/mol. The second-order valence-corrected chi connectivity index (χ2v) is 15.2. The lowest BCUT2D eigenvalue weighted by molar-refractivity contribution is 0.282. The van der Waals surface area contributed by atoms with E-state index in [4.69, 9.17) is 23.2 Å². The summed E-state index contributed by atoms with van der Waals surface area (Å²) in [6, 6.07) is 9.88. The Morgan fingerprint density at radius 2 is 1.76 bits per heavy atom. The first-order chi connectivity index (χ1) is 19.5. The normalized spacial score (nSPS) is 14.9. The van der Waals surface area contributed by atoms with Crippen molar-refractivity contribution in [2.75, 3.05) is 23.1 Å². The van der Waals surface area contributed by atoms with Gasteiger partial charge in [0, 0.05) is 53.7 Å². The van der Waals surface area contributed by atoms with Crippen LogP contribution in [0.4, 0.5) is 5.69 Å². The van der Waals surface area contributed by atoms with Crippen molar-refractivity contribution < 1.29 is 21.9 Å². The largest absolute Gasteiger partial charge is 0.392 e. The van der Waals surface area contributed by atoms with Crippen molar-refractivity contribution in [2.45, 2.75) is 63.1 Å². The molecule has 4 rings (SSSR count). The van der Waals surface area contributed by atoms with Gasteiger partial charge in [-0.15, -0.1) is 0 Å². The van der Waals surface area contributed by atoms with Crippen LogP contribution in [0.5, 0.6) is 0 Å². The second kappa shape index (κ2) is 13.9. The van der Waals surface area contributed by atoms with Gasteiger partial charge in [-0.3, -0.25) is 4.31 Å². The maximum Gasteiger partial charge on any atom is 0.264 e. The maximum atomic E-state index is 13.9. The summed E-state index contributed by atoms with van der Waals surface area (Å²) in [5.41, 5.74) is 0.639. The molecular formula is C28H36Cl2N4O5S2. The number of imidazole rings is 1. The van der Waals surface area contributed by atoms with Crippen molar-refractivity contribution in [1.82, 2.24) is 13.9 Å². The van der Waals surface area contributed by atoms with Crippen molar-refractivity contribution in [1.29, 1.82) is 0 Å². The van der Waals surface area contributed by atoms with Crippen LogP contribution in [-0.2, 0) is 33.2 Å². The molecule has 0 amide bonds. The highest BCUT2D eigenvalue weighted by Gasteiger charge is 2.33. The number of hydrogen-bond acceptors (Lipinski definition) is 6. The SMILES string of the molecule is CC(CCCS(=O)(=O)N(CCCn1ccnc1)CC1CC1)N(c1cc(Cl)ccc1CO)S(=O)(=O)c1ccc(Cl)cc1. The van der Waals surface area contributed by atoms with Gasteiger partial charge in [0.15, 0.2) is 0 Å². The van der Waals surface area contributed by atoms with E-state index in [-0.39, 0.29) is 29.2 Å². The number of benzene rings is 2. The summed E-state index contributed by atoms with van der Waals surface area (Å²) in [6.45, 7) is 2.95. The van der Waals surface area contributed by atoms with Crippen LogP contribution in [0, 0.1) is 5.92 Å². The van der Waals surface area contributed by atoms with Gasteiger partial charge in [0.2, 0.25) is 10.0 Å². The minimum absolute atomic E-state index is 0.0266. The van der Waals surface area contributed by atoms with Crippen LogP contribution in [0.2, 0.25) is 10.0 Å². The van der Waals surface area contributed by atoms with E-state index >= 15 is 0 Å². The number of nitrogens with zero attached hydrogens (tertiary/aromatic N) is 4. The number of aliphatic hydroxyl groups excluding tert-OH is 1. The highest BCUT2D eigenvalue weighted by Crippen LogP contribution is 2.34. The lowest BCUT2D eigenvalue weighted by Crippen LogP contribution is -2.40. The van der Waals surface area contributed by atoms with Crippen LogP contribution in [0.15, 0.2) is 66.1 Å². The number of hydrogen-bond donors (Lipinski definition) is 1. The molecule has 224 valence electrons. The van der Waals surface area contributed by atoms with E-state index in [0.717, 1.165) is 12.8 Å². The Morgan fingerprint density at radius 3 is 2.39 bits per heavy atom. The fourth-order valence-electron chi connectivity index (χ4n) is 4.79. The molecule has 1 atom stereocenters. The summed E-state index contributed by atoms with van der Waals surface area (Å²) in [5.74, 6) is 0.309. The molecule has 0 spiro atoms. The van der Waals surface area contributed by atoms with Crippen LogP contribution in [0.25, 0.3) is 0 Å². The van der Waals surface area contributed by atoms with Crippen LogP contribution in [0.1, 0.15) is 44.6 Å². The Morgan fingerprint density at radius 1 is 1.05 bits per heavy atom. The first-order valence-electron chi connectivity index (χ1n) is 13.6. The van der Waals surface area contributed by atoms with Gasteiger partial charge in [-0.05, 0) is 81.3 Å². The quantitative estimate of drug-likeness (QED) is 0.230. The van der Waals surface area contributed by atoms with Crippen molar-refractivity contribution in [2.24, 2.45) is 5.92 Å². The van der Waals surface area contributed by atoms with Crippen LogP contribution >= 0.6 is 23.2 Å². The molecule has 1 saturated carbocycles. The maximum absolute atomic E-state index is 13.9. The molecule has 1 unspecified atom stereocenters. The fraction of sp³-hybridized carbons (Fsp3) is 0.464. The molecule has 1 fully saturated rings. The first kappa shape index (κ1) is 31.8. The smallest absolute Gasteiger partial charge is 0.264 e. The van der Waals surface area contributed by atoms with E-state index in [1.165, 1.54) is 34.6 Å². The average molecular weight is 644 g/mol. The van der Waals surface area contributed by atoms with Crippen molar-refractivity contribution in [3.63, 3.8) is 0 Å². The molecule has 1 N–H and O–H groups in total. The van der Waals surface area contributed by atoms with Gasteiger partial charge in [0.1, 0.15) is 0 Å². The third-order valence-corrected chi connectivity index (χ3v) is 11.5. The van der Waals surface area contributed by atoms with Crippen molar-refractivity contribution in [3.8, 4) is 0 Å². The summed E-state index contributed by atoms with van der Waals surface area (Å²) >= 11 is 12.2. The van der Waals surface area contributed by atoms with E-state index in [0.29, 0.717) is 47.6 Å². The minimum Gasteiger partial charge on any atom is -0.392 e. The second-order valence-electron chi connectivity index (χ2n) is 10.4. The Bertz CT molecular complexity index is 1500. The standard InChI is InChI=1S/C28H36Cl2N4O5S2/c1-22(4-2-17-40(36,37)33(19-23-5-6-23)15-3-14-32-16-13-31-21-32)34(28-18-26(30)8-7-24(28)20-35)41(38,39)27-11-9-25(29)10-12-27/h7-13,16,18,21-23,35H,2-6,14-15,17,19-20H2,1H3. The highest BCUT2D eigenvalue weighted by molar-refractivity contribution is 7.92. The Kier molecular flexibility index (Phi) is 10.8. The van der Waals surface area contributed by atoms with Crippen LogP contribution in [-0.4, -0.2) is 60.7 Å². The molecule has 1 aliphatic rings. The van der Waals surface area contributed by atoms with Gasteiger partial charge >= 0.3 is 0 Å². The average Bonchev–Trinajstić information content (AvgIpc) is 3.59. The predicted molar refractivity (Wildman–Crippen MR) is 162 cm³/mol. The van der Waals surface area contributed by atoms with Gasteiger partial charge in [-0.1, -0.05) is 29.3 Å². The van der Waals surface area contributed by atoms with Crippen LogP contribution in [0.3, 0.4) is 0 Å². The van der Waals surface area contributed by atoms with E-state index in [1.54, 1.807) is 35.9 Å². The third kappa shape index (κ3) is 8.46. The summed E-state index contributed by atoms with van der Waals surface area (Å²) in [7, 11) is -7.66.